The van der Waals surface area contributed by atoms with Crippen LogP contribution in [0.1, 0.15) is 12.0 Å². The number of alkyl halides is 4. The number of carbonyl (C=O) groups is 1. The lowest BCUT2D eigenvalue weighted by Crippen LogP contribution is -2.28. The summed E-state index contributed by atoms with van der Waals surface area (Å²) in [7, 11) is 0. The van der Waals surface area contributed by atoms with E-state index in [0.29, 0.717) is 0 Å². The molecule has 1 fully saturated rings. The number of anilines is 1. The van der Waals surface area contributed by atoms with Crippen LogP contribution in [0.25, 0.3) is 0 Å². The molecule has 1 saturated heterocycles. The molecule has 0 aliphatic carbocycles. The lowest BCUT2D eigenvalue weighted by molar-refractivity contribution is -0.137. The Balaban J connectivity index is 2.42. The second-order valence-electron chi connectivity index (χ2n) is 3.68. The first kappa shape index (κ1) is 12.2. The van der Waals surface area contributed by atoms with Gasteiger partial charge in [-0.1, -0.05) is 0 Å². The van der Waals surface area contributed by atoms with Crippen LogP contribution in [0.5, 0.6) is 0 Å². The van der Waals surface area contributed by atoms with Gasteiger partial charge in [-0.15, -0.1) is 11.6 Å². The number of hydrogen-bond acceptors (Lipinski definition) is 2. The van der Waals surface area contributed by atoms with Crippen LogP contribution in [-0.4, -0.2) is 22.8 Å². The summed E-state index contributed by atoms with van der Waals surface area (Å²) in [6, 6.07) is 2.09. The van der Waals surface area contributed by atoms with Crippen LogP contribution in [0.3, 0.4) is 0 Å². The minimum absolute atomic E-state index is 0.0371. The number of carbonyl (C=O) groups excluding carboxylic acids is 1. The molecule has 0 spiro atoms. The summed E-state index contributed by atoms with van der Waals surface area (Å²) in [5, 5.41) is -0.467. The monoisotopic (exact) mass is 264 g/mol. The van der Waals surface area contributed by atoms with Gasteiger partial charge in [0, 0.05) is 19.2 Å². The summed E-state index contributed by atoms with van der Waals surface area (Å²) in [6.07, 6.45) is -3.27. The zero-order valence-electron chi connectivity index (χ0n) is 8.54. The molecule has 1 aliphatic heterocycles. The van der Waals surface area contributed by atoms with Crippen LogP contribution in [0.2, 0.25) is 0 Å². The molecule has 1 atom stereocenters. The third-order valence-corrected chi connectivity index (χ3v) is 2.72. The van der Waals surface area contributed by atoms with Gasteiger partial charge in [-0.2, -0.15) is 13.2 Å². The SMILES string of the molecule is O=C1CC(Cl)CN1c1ncccc1C(F)(F)F. The van der Waals surface area contributed by atoms with Crippen molar-refractivity contribution in [2.24, 2.45) is 0 Å². The minimum atomic E-state index is -4.53. The summed E-state index contributed by atoms with van der Waals surface area (Å²) in [5.74, 6) is -0.803. The summed E-state index contributed by atoms with van der Waals surface area (Å²) >= 11 is 5.75. The molecule has 0 saturated carbocycles. The molecule has 1 unspecified atom stereocenters. The predicted molar refractivity (Wildman–Crippen MR) is 55.9 cm³/mol. The van der Waals surface area contributed by atoms with Gasteiger partial charge in [-0.05, 0) is 12.1 Å². The zero-order valence-corrected chi connectivity index (χ0v) is 9.29. The normalized spacial score (nSPS) is 21.1. The summed E-state index contributed by atoms with van der Waals surface area (Å²) in [5.41, 5.74) is -0.917. The van der Waals surface area contributed by atoms with Crippen molar-refractivity contribution in [2.75, 3.05) is 11.4 Å². The maximum absolute atomic E-state index is 12.7. The number of aromatic nitrogens is 1. The Morgan fingerprint density at radius 2 is 2.18 bits per heavy atom. The zero-order chi connectivity index (χ0) is 12.6. The summed E-state index contributed by atoms with van der Waals surface area (Å²) in [4.78, 5) is 16.1. The Morgan fingerprint density at radius 3 is 2.71 bits per heavy atom. The van der Waals surface area contributed by atoms with Gasteiger partial charge in [-0.3, -0.25) is 9.69 Å². The molecule has 7 heteroatoms. The highest BCUT2D eigenvalue weighted by Gasteiger charge is 2.39. The van der Waals surface area contributed by atoms with E-state index in [4.69, 9.17) is 11.6 Å². The molecular formula is C10H8ClF3N2O. The number of halogens is 4. The lowest BCUT2D eigenvalue weighted by atomic mass is 10.2. The highest BCUT2D eigenvalue weighted by atomic mass is 35.5. The highest BCUT2D eigenvalue weighted by molar-refractivity contribution is 6.24. The van der Waals surface area contributed by atoms with Crippen molar-refractivity contribution in [1.29, 1.82) is 0 Å². The first-order valence-corrected chi connectivity index (χ1v) is 5.30. The Hall–Kier alpha value is -1.30. The van der Waals surface area contributed by atoms with E-state index in [1.165, 1.54) is 12.3 Å². The Kier molecular flexibility index (Phi) is 2.99. The minimum Gasteiger partial charge on any atom is -0.295 e. The third-order valence-electron chi connectivity index (χ3n) is 2.43. The molecule has 0 N–H and O–H groups in total. The fraction of sp³-hybridized carbons (Fsp3) is 0.400. The molecular weight excluding hydrogens is 257 g/mol. The molecule has 0 radical (unpaired) electrons. The standard InChI is InChI=1S/C10H8ClF3N2O/c11-6-4-8(17)16(5-6)9-7(10(12,13)14)2-1-3-15-9/h1-3,6H,4-5H2. The number of pyridine rings is 1. The van der Waals surface area contributed by atoms with Crippen molar-refractivity contribution in [3.63, 3.8) is 0 Å². The Bertz CT molecular complexity index is 449. The lowest BCUT2D eigenvalue weighted by Gasteiger charge is -2.19. The first-order chi connectivity index (χ1) is 7.89. The van der Waals surface area contributed by atoms with Crippen molar-refractivity contribution in [2.45, 2.75) is 18.0 Å². The van der Waals surface area contributed by atoms with E-state index >= 15 is 0 Å². The van der Waals surface area contributed by atoms with Gasteiger partial charge in [0.25, 0.3) is 0 Å². The third kappa shape index (κ3) is 2.36. The molecule has 1 aromatic rings. The molecule has 92 valence electrons. The van der Waals surface area contributed by atoms with Crippen LogP contribution >= 0.6 is 11.6 Å². The second kappa shape index (κ2) is 4.18. The average molecular weight is 265 g/mol. The summed E-state index contributed by atoms with van der Waals surface area (Å²) in [6.45, 7) is 0.0560. The van der Waals surface area contributed by atoms with E-state index in [1.807, 2.05) is 0 Å². The number of nitrogens with zero attached hydrogens (tertiary/aromatic N) is 2. The maximum Gasteiger partial charge on any atom is 0.419 e. The van der Waals surface area contributed by atoms with Gasteiger partial charge >= 0.3 is 6.18 Å². The number of rotatable bonds is 1. The van der Waals surface area contributed by atoms with Crippen LogP contribution in [0.15, 0.2) is 18.3 Å². The highest BCUT2D eigenvalue weighted by Crippen LogP contribution is 2.36. The number of amides is 1. The molecule has 0 aromatic carbocycles. The van der Waals surface area contributed by atoms with Gasteiger partial charge < -0.3 is 0 Å². The van der Waals surface area contributed by atoms with Crippen molar-refractivity contribution in [3.05, 3.63) is 23.9 Å². The van der Waals surface area contributed by atoms with Gasteiger partial charge in [0.15, 0.2) is 0 Å². The molecule has 1 aliphatic rings. The Labute approximate surface area is 100 Å². The molecule has 2 rings (SSSR count). The van der Waals surface area contributed by atoms with E-state index in [-0.39, 0.29) is 18.8 Å². The first-order valence-electron chi connectivity index (χ1n) is 4.86. The van der Waals surface area contributed by atoms with Gasteiger partial charge in [-0.25, -0.2) is 4.98 Å². The fourth-order valence-corrected chi connectivity index (χ4v) is 1.97. The van der Waals surface area contributed by atoms with Gasteiger partial charge in [0.05, 0.1) is 10.9 Å². The molecule has 2 heterocycles. The van der Waals surface area contributed by atoms with E-state index in [0.717, 1.165) is 11.0 Å². The summed E-state index contributed by atoms with van der Waals surface area (Å²) < 4.78 is 38.1. The average Bonchev–Trinajstić information content (AvgIpc) is 2.56. The molecule has 17 heavy (non-hydrogen) atoms. The van der Waals surface area contributed by atoms with Crippen LogP contribution in [-0.2, 0) is 11.0 Å². The van der Waals surface area contributed by atoms with Crippen LogP contribution in [0, 0.1) is 0 Å². The van der Waals surface area contributed by atoms with Crippen molar-refractivity contribution >= 4 is 23.3 Å². The van der Waals surface area contributed by atoms with Crippen molar-refractivity contribution < 1.29 is 18.0 Å². The fourth-order valence-electron chi connectivity index (χ4n) is 1.70. The van der Waals surface area contributed by atoms with Crippen LogP contribution in [0.4, 0.5) is 19.0 Å². The topological polar surface area (TPSA) is 33.2 Å². The van der Waals surface area contributed by atoms with E-state index in [9.17, 15) is 18.0 Å². The molecule has 0 bridgehead atoms. The quantitative estimate of drug-likeness (QED) is 0.730. The van der Waals surface area contributed by atoms with E-state index in [1.54, 1.807) is 0 Å². The largest absolute Gasteiger partial charge is 0.419 e. The number of hydrogen-bond donors (Lipinski definition) is 0. The maximum atomic E-state index is 12.7. The Morgan fingerprint density at radius 1 is 1.47 bits per heavy atom. The van der Waals surface area contributed by atoms with E-state index < -0.39 is 23.0 Å². The van der Waals surface area contributed by atoms with Crippen molar-refractivity contribution in [1.82, 2.24) is 4.98 Å². The molecule has 3 nitrogen and oxygen atoms in total. The molecule has 1 amide bonds. The van der Waals surface area contributed by atoms with Gasteiger partial charge in [0.2, 0.25) is 5.91 Å². The van der Waals surface area contributed by atoms with Gasteiger partial charge in [0.1, 0.15) is 5.82 Å². The second-order valence-corrected chi connectivity index (χ2v) is 4.30. The van der Waals surface area contributed by atoms with E-state index in [2.05, 4.69) is 4.98 Å². The predicted octanol–water partition coefficient (Wildman–Crippen LogP) is 2.44. The molecule has 1 aromatic heterocycles. The van der Waals surface area contributed by atoms with Crippen LogP contribution < -0.4 is 4.90 Å². The smallest absolute Gasteiger partial charge is 0.295 e. The van der Waals surface area contributed by atoms with Crippen molar-refractivity contribution in [3.8, 4) is 0 Å².